The van der Waals surface area contributed by atoms with Gasteiger partial charge in [0.25, 0.3) is 5.91 Å². The Labute approximate surface area is 133 Å². The normalized spacial score (nSPS) is 12.8. The summed E-state index contributed by atoms with van der Waals surface area (Å²) in [6.45, 7) is 0.519. The largest absolute Gasteiger partial charge is 0.484 e. The fraction of sp³-hybridized carbons (Fsp3) is 0.400. The van der Waals surface area contributed by atoms with Gasteiger partial charge >= 0.3 is 5.97 Å². The Bertz CT molecular complexity index is 548. The molecule has 3 N–H and O–H groups in total. The number of carbonyl (C=O) groups excluding carboxylic acids is 2. The van der Waals surface area contributed by atoms with Gasteiger partial charge in [0.1, 0.15) is 5.75 Å². The quantitative estimate of drug-likeness (QED) is 0.579. The van der Waals surface area contributed by atoms with Crippen LogP contribution < -0.4 is 15.4 Å². The molecule has 0 heterocycles. The van der Waals surface area contributed by atoms with Gasteiger partial charge in [-0.2, -0.15) is 0 Å². The van der Waals surface area contributed by atoms with E-state index in [1.54, 1.807) is 24.3 Å². The number of aliphatic carboxylic acids is 1. The zero-order valence-electron chi connectivity index (χ0n) is 13.0. The lowest BCUT2D eigenvalue weighted by Crippen LogP contribution is -2.57. The molecular formula is C15H20N2O6. The van der Waals surface area contributed by atoms with Gasteiger partial charge in [0, 0.05) is 7.11 Å². The summed E-state index contributed by atoms with van der Waals surface area (Å²) in [5, 5.41) is 13.7. The fourth-order valence-corrected chi connectivity index (χ4v) is 1.69. The molecule has 0 aliphatic rings. The highest BCUT2D eigenvalue weighted by Crippen LogP contribution is 2.07. The molecule has 0 aromatic heterocycles. The van der Waals surface area contributed by atoms with E-state index in [0.717, 1.165) is 0 Å². The van der Waals surface area contributed by atoms with E-state index in [2.05, 4.69) is 10.6 Å². The van der Waals surface area contributed by atoms with Gasteiger partial charge in [-0.3, -0.25) is 9.59 Å². The van der Waals surface area contributed by atoms with Crippen LogP contribution in [0.15, 0.2) is 30.3 Å². The molecule has 0 saturated carbocycles. The zero-order valence-corrected chi connectivity index (χ0v) is 13.0. The molecule has 0 aliphatic carbocycles. The van der Waals surface area contributed by atoms with Crippen LogP contribution in [0.3, 0.4) is 0 Å². The van der Waals surface area contributed by atoms with Gasteiger partial charge in [-0.15, -0.1) is 0 Å². The summed E-state index contributed by atoms with van der Waals surface area (Å²) in [5.74, 6) is -1.83. The maximum Gasteiger partial charge on any atom is 0.331 e. The molecule has 0 fully saturated rings. The van der Waals surface area contributed by atoms with Crippen LogP contribution in [0.2, 0.25) is 0 Å². The van der Waals surface area contributed by atoms with Crippen molar-refractivity contribution in [2.24, 2.45) is 0 Å². The highest BCUT2D eigenvalue weighted by molar-refractivity contribution is 5.90. The molecule has 8 nitrogen and oxygen atoms in total. The number of carboxylic acid groups (broad SMARTS) is 1. The second-order valence-corrected chi connectivity index (χ2v) is 5.00. The Morgan fingerprint density at radius 3 is 2.39 bits per heavy atom. The van der Waals surface area contributed by atoms with E-state index in [0.29, 0.717) is 5.75 Å². The van der Waals surface area contributed by atoms with Crippen LogP contribution in [-0.2, 0) is 19.1 Å². The molecule has 0 aliphatic heterocycles. The van der Waals surface area contributed by atoms with E-state index in [-0.39, 0.29) is 19.8 Å². The van der Waals surface area contributed by atoms with Crippen molar-refractivity contribution in [2.45, 2.75) is 12.5 Å². The number of methoxy groups -OCH3 is 1. The highest BCUT2D eigenvalue weighted by Gasteiger charge is 2.34. The minimum Gasteiger partial charge on any atom is -0.484 e. The maximum absolute atomic E-state index is 11.7. The summed E-state index contributed by atoms with van der Waals surface area (Å²) in [6.07, 6.45) is 0. The van der Waals surface area contributed by atoms with Gasteiger partial charge in [0.05, 0.1) is 13.2 Å². The summed E-state index contributed by atoms with van der Waals surface area (Å²) < 4.78 is 10.00. The fourth-order valence-electron chi connectivity index (χ4n) is 1.69. The van der Waals surface area contributed by atoms with Crippen molar-refractivity contribution in [3.8, 4) is 5.75 Å². The van der Waals surface area contributed by atoms with Crippen molar-refractivity contribution in [2.75, 3.05) is 26.9 Å². The van der Waals surface area contributed by atoms with Crippen LogP contribution >= 0.6 is 0 Å². The number of para-hydroxylation sites is 1. The number of hydrogen-bond donors (Lipinski definition) is 3. The van der Waals surface area contributed by atoms with Gasteiger partial charge < -0.3 is 25.2 Å². The number of carboxylic acids is 1. The van der Waals surface area contributed by atoms with Gasteiger partial charge in [-0.25, -0.2) is 4.79 Å². The van der Waals surface area contributed by atoms with Crippen LogP contribution in [0.1, 0.15) is 6.92 Å². The predicted octanol–water partition coefficient (Wildman–Crippen LogP) is -0.212. The van der Waals surface area contributed by atoms with Crippen molar-refractivity contribution < 1.29 is 29.0 Å². The first-order chi connectivity index (χ1) is 10.9. The van der Waals surface area contributed by atoms with Crippen molar-refractivity contribution in [1.82, 2.24) is 10.6 Å². The lowest BCUT2D eigenvalue weighted by molar-refractivity contribution is -0.149. The Balaban J connectivity index is 2.37. The molecule has 0 spiro atoms. The van der Waals surface area contributed by atoms with Gasteiger partial charge in [-0.1, -0.05) is 18.2 Å². The SMILES string of the molecule is COCC(C)(NC(=O)CNC(=O)COc1ccccc1)C(=O)O. The van der Waals surface area contributed by atoms with Crippen LogP contribution in [0, 0.1) is 0 Å². The first-order valence-corrected chi connectivity index (χ1v) is 6.85. The van der Waals surface area contributed by atoms with Gasteiger partial charge in [-0.05, 0) is 19.1 Å². The Morgan fingerprint density at radius 1 is 1.17 bits per heavy atom. The number of carbonyl (C=O) groups is 3. The number of ether oxygens (including phenoxy) is 2. The van der Waals surface area contributed by atoms with Gasteiger partial charge in [0.15, 0.2) is 12.1 Å². The Kier molecular flexibility index (Phi) is 7.01. The van der Waals surface area contributed by atoms with Crippen LogP contribution in [-0.4, -0.2) is 55.3 Å². The summed E-state index contributed by atoms with van der Waals surface area (Å²) in [5.41, 5.74) is -1.56. The molecule has 1 rings (SSSR count). The molecule has 2 amide bonds. The third kappa shape index (κ3) is 6.35. The lowest BCUT2D eigenvalue weighted by atomic mass is 10.0. The molecule has 23 heavy (non-hydrogen) atoms. The van der Waals surface area contributed by atoms with Crippen LogP contribution in [0.5, 0.6) is 5.75 Å². The smallest absolute Gasteiger partial charge is 0.331 e. The van der Waals surface area contributed by atoms with E-state index < -0.39 is 23.3 Å². The van der Waals surface area contributed by atoms with E-state index >= 15 is 0 Å². The molecule has 1 aromatic carbocycles. The lowest BCUT2D eigenvalue weighted by Gasteiger charge is -2.25. The minimum atomic E-state index is -1.56. The summed E-state index contributed by atoms with van der Waals surface area (Å²) in [4.78, 5) is 34.5. The van der Waals surface area contributed by atoms with Crippen molar-refractivity contribution >= 4 is 17.8 Å². The van der Waals surface area contributed by atoms with E-state index in [1.165, 1.54) is 14.0 Å². The van der Waals surface area contributed by atoms with Crippen molar-refractivity contribution in [3.05, 3.63) is 30.3 Å². The zero-order chi connectivity index (χ0) is 17.3. The number of nitrogens with one attached hydrogen (secondary N) is 2. The molecule has 0 bridgehead atoms. The standard InChI is InChI=1S/C15H20N2O6/c1-15(10-22-2,14(20)21)17-12(18)8-16-13(19)9-23-11-6-4-3-5-7-11/h3-7H,8-10H2,1-2H3,(H,16,19)(H,17,18)(H,20,21). The predicted molar refractivity (Wildman–Crippen MR) is 81.0 cm³/mol. The van der Waals surface area contributed by atoms with E-state index in [1.807, 2.05) is 6.07 Å². The topological polar surface area (TPSA) is 114 Å². The summed E-state index contributed by atoms with van der Waals surface area (Å²) in [7, 11) is 1.33. The average molecular weight is 324 g/mol. The monoisotopic (exact) mass is 324 g/mol. The molecule has 1 atom stereocenters. The second kappa shape index (κ2) is 8.74. The molecule has 126 valence electrons. The molecule has 1 aromatic rings. The summed E-state index contributed by atoms with van der Waals surface area (Å²) >= 11 is 0. The maximum atomic E-state index is 11.7. The van der Waals surface area contributed by atoms with Crippen LogP contribution in [0.25, 0.3) is 0 Å². The Morgan fingerprint density at radius 2 is 1.83 bits per heavy atom. The third-order valence-electron chi connectivity index (χ3n) is 2.88. The number of amides is 2. The number of hydrogen-bond acceptors (Lipinski definition) is 5. The van der Waals surface area contributed by atoms with E-state index in [4.69, 9.17) is 14.6 Å². The number of benzene rings is 1. The third-order valence-corrected chi connectivity index (χ3v) is 2.88. The summed E-state index contributed by atoms with van der Waals surface area (Å²) in [6, 6.07) is 8.75. The average Bonchev–Trinajstić information content (AvgIpc) is 2.52. The first-order valence-electron chi connectivity index (χ1n) is 6.85. The molecular weight excluding hydrogens is 304 g/mol. The first kappa shape index (κ1) is 18.4. The molecule has 1 unspecified atom stereocenters. The molecule has 8 heteroatoms. The minimum absolute atomic E-state index is 0.195. The molecule has 0 radical (unpaired) electrons. The van der Waals surface area contributed by atoms with Crippen LogP contribution in [0.4, 0.5) is 0 Å². The number of rotatable bonds is 9. The molecule has 0 saturated heterocycles. The van der Waals surface area contributed by atoms with Crippen molar-refractivity contribution in [1.29, 1.82) is 0 Å². The second-order valence-electron chi connectivity index (χ2n) is 5.00. The highest BCUT2D eigenvalue weighted by atomic mass is 16.5. The Hall–Kier alpha value is -2.61. The van der Waals surface area contributed by atoms with E-state index in [9.17, 15) is 14.4 Å². The van der Waals surface area contributed by atoms with Crippen molar-refractivity contribution in [3.63, 3.8) is 0 Å². The van der Waals surface area contributed by atoms with Gasteiger partial charge in [0.2, 0.25) is 5.91 Å².